The number of hydrogen-bond donors (Lipinski definition) is 1. The van der Waals surface area contributed by atoms with Gasteiger partial charge in [-0.25, -0.2) is 4.98 Å². The van der Waals surface area contributed by atoms with Crippen LogP contribution < -0.4 is 5.32 Å². The lowest BCUT2D eigenvalue weighted by Crippen LogP contribution is -2.36. The number of aromatic nitrogens is 1. The van der Waals surface area contributed by atoms with Gasteiger partial charge >= 0.3 is 0 Å². The van der Waals surface area contributed by atoms with Gasteiger partial charge in [-0.2, -0.15) is 0 Å². The largest absolute Gasteiger partial charge is 0.380 e. The summed E-state index contributed by atoms with van der Waals surface area (Å²) in [6.45, 7) is 4.99. The Labute approximate surface area is 106 Å². The first kappa shape index (κ1) is 12.5. The average Bonchev–Trinajstić information content (AvgIpc) is 2.77. The van der Waals surface area contributed by atoms with Crippen LogP contribution in [0.1, 0.15) is 18.9 Å². The fourth-order valence-corrected chi connectivity index (χ4v) is 2.53. The topological polar surface area (TPSA) is 34.1 Å². The average molecular weight is 250 g/mol. The normalized spacial score (nSPS) is 15.0. The summed E-state index contributed by atoms with van der Waals surface area (Å²) in [7, 11) is 1.74. The summed E-state index contributed by atoms with van der Waals surface area (Å²) in [5.74, 6) is 0. The molecule has 1 aromatic heterocycles. The molecule has 0 fully saturated rings. The van der Waals surface area contributed by atoms with Crippen molar-refractivity contribution in [1.29, 1.82) is 0 Å². The van der Waals surface area contributed by atoms with Gasteiger partial charge in [0.1, 0.15) is 5.01 Å². The minimum atomic E-state index is 0.212. The SMILES string of the molecule is COC(C)C(C)NCc1nc2ccccc2s1. The number of hydrogen-bond acceptors (Lipinski definition) is 4. The Bertz CT molecular complexity index is 450. The number of nitrogens with one attached hydrogen (secondary N) is 1. The van der Waals surface area contributed by atoms with Crippen LogP contribution in [0.25, 0.3) is 10.2 Å². The summed E-state index contributed by atoms with van der Waals surface area (Å²) in [5.41, 5.74) is 1.08. The highest BCUT2D eigenvalue weighted by Crippen LogP contribution is 2.21. The van der Waals surface area contributed by atoms with Crippen LogP contribution in [-0.4, -0.2) is 24.2 Å². The van der Waals surface area contributed by atoms with Gasteiger partial charge in [-0.3, -0.25) is 0 Å². The molecule has 0 aliphatic carbocycles. The van der Waals surface area contributed by atoms with Crippen LogP contribution in [0, 0.1) is 0 Å². The Morgan fingerprint density at radius 2 is 2.12 bits per heavy atom. The molecule has 0 aliphatic rings. The smallest absolute Gasteiger partial charge is 0.108 e. The fraction of sp³-hybridized carbons (Fsp3) is 0.462. The Morgan fingerprint density at radius 1 is 1.35 bits per heavy atom. The Balaban J connectivity index is 1.99. The molecule has 0 bridgehead atoms. The lowest BCUT2D eigenvalue weighted by molar-refractivity contribution is 0.0882. The molecule has 0 saturated carbocycles. The quantitative estimate of drug-likeness (QED) is 0.886. The summed E-state index contributed by atoms with van der Waals surface area (Å²) in [5, 5.41) is 4.56. The van der Waals surface area contributed by atoms with E-state index in [1.807, 2.05) is 12.1 Å². The molecule has 0 saturated heterocycles. The minimum absolute atomic E-state index is 0.212. The monoisotopic (exact) mass is 250 g/mol. The molecule has 2 unspecified atom stereocenters. The van der Waals surface area contributed by atoms with E-state index in [2.05, 4.69) is 36.3 Å². The molecular weight excluding hydrogens is 232 g/mol. The number of thiazole rings is 1. The van der Waals surface area contributed by atoms with Gasteiger partial charge in [-0.15, -0.1) is 11.3 Å². The number of nitrogens with zero attached hydrogens (tertiary/aromatic N) is 1. The van der Waals surface area contributed by atoms with Crippen LogP contribution in [0.15, 0.2) is 24.3 Å². The predicted octanol–water partition coefficient (Wildman–Crippen LogP) is 2.81. The van der Waals surface area contributed by atoms with E-state index >= 15 is 0 Å². The van der Waals surface area contributed by atoms with Crippen molar-refractivity contribution in [3.05, 3.63) is 29.3 Å². The molecule has 92 valence electrons. The molecule has 1 heterocycles. The first-order chi connectivity index (χ1) is 8.20. The third kappa shape index (κ3) is 3.03. The summed E-state index contributed by atoms with van der Waals surface area (Å²) < 4.78 is 6.53. The summed E-state index contributed by atoms with van der Waals surface area (Å²) in [4.78, 5) is 4.59. The zero-order valence-corrected chi connectivity index (χ0v) is 11.3. The van der Waals surface area contributed by atoms with E-state index in [0.29, 0.717) is 6.04 Å². The standard InChI is InChI=1S/C13H18N2OS/c1-9(10(2)16-3)14-8-13-15-11-6-4-5-7-12(11)17-13/h4-7,9-10,14H,8H2,1-3H3. The van der Waals surface area contributed by atoms with E-state index in [-0.39, 0.29) is 6.10 Å². The van der Waals surface area contributed by atoms with Gasteiger partial charge < -0.3 is 10.1 Å². The molecule has 1 aromatic carbocycles. The van der Waals surface area contributed by atoms with Crippen molar-refractivity contribution in [2.24, 2.45) is 0 Å². The number of benzene rings is 1. The second-order valence-electron chi connectivity index (χ2n) is 4.19. The van der Waals surface area contributed by atoms with Crippen LogP contribution in [0.3, 0.4) is 0 Å². The zero-order chi connectivity index (χ0) is 12.3. The van der Waals surface area contributed by atoms with Crippen molar-refractivity contribution in [1.82, 2.24) is 10.3 Å². The van der Waals surface area contributed by atoms with E-state index < -0.39 is 0 Å². The van der Waals surface area contributed by atoms with Crippen molar-refractivity contribution in [2.45, 2.75) is 32.5 Å². The molecule has 0 amide bonds. The van der Waals surface area contributed by atoms with Crippen LogP contribution in [0.2, 0.25) is 0 Å². The number of methoxy groups -OCH3 is 1. The van der Waals surface area contributed by atoms with Gasteiger partial charge in [0.05, 0.1) is 16.3 Å². The summed E-state index contributed by atoms with van der Waals surface area (Å²) >= 11 is 1.74. The molecule has 4 heteroatoms. The lowest BCUT2D eigenvalue weighted by Gasteiger charge is -2.19. The minimum Gasteiger partial charge on any atom is -0.380 e. The molecule has 2 rings (SSSR count). The van der Waals surface area contributed by atoms with Crippen LogP contribution >= 0.6 is 11.3 Å². The van der Waals surface area contributed by atoms with Crippen molar-refractivity contribution in [3.8, 4) is 0 Å². The fourth-order valence-electron chi connectivity index (χ4n) is 1.61. The Morgan fingerprint density at radius 3 is 2.82 bits per heavy atom. The highest BCUT2D eigenvalue weighted by atomic mass is 32.1. The van der Waals surface area contributed by atoms with Crippen molar-refractivity contribution >= 4 is 21.6 Å². The first-order valence-electron chi connectivity index (χ1n) is 5.81. The van der Waals surface area contributed by atoms with Gasteiger partial charge in [0.25, 0.3) is 0 Å². The van der Waals surface area contributed by atoms with E-state index in [4.69, 9.17) is 4.74 Å². The maximum atomic E-state index is 5.28. The van der Waals surface area contributed by atoms with Crippen LogP contribution in [-0.2, 0) is 11.3 Å². The van der Waals surface area contributed by atoms with E-state index in [0.717, 1.165) is 17.1 Å². The number of ether oxygens (including phenoxy) is 1. The molecule has 0 aliphatic heterocycles. The van der Waals surface area contributed by atoms with Crippen molar-refractivity contribution in [2.75, 3.05) is 7.11 Å². The van der Waals surface area contributed by atoms with E-state index in [9.17, 15) is 0 Å². The molecule has 1 N–H and O–H groups in total. The Hall–Kier alpha value is -0.970. The van der Waals surface area contributed by atoms with Crippen LogP contribution in [0.4, 0.5) is 0 Å². The van der Waals surface area contributed by atoms with Crippen molar-refractivity contribution in [3.63, 3.8) is 0 Å². The van der Waals surface area contributed by atoms with Crippen molar-refractivity contribution < 1.29 is 4.74 Å². The third-order valence-corrected chi connectivity index (χ3v) is 4.03. The van der Waals surface area contributed by atoms with Gasteiger partial charge in [0.15, 0.2) is 0 Å². The third-order valence-electron chi connectivity index (χ3n) is 2.99. The second-order valence-corrected chi connectivity index (χ2v) is 5.30. The highest BCUT2D eigenvalue weighted by molar-refractivity contribution is 7.18. The predicted molar refractivity (Wildman–Crippen MR) is 72.4 cm³/mol. The number of para-hydroxylation sites is 1. The van der Waals surface area contributed by atoms with Gasteiger partial charge in [-0.05, 0) is 26.0 Å². The van der Waals surface area contributed by atoms with E-state index in [1.54, 1.807) is 18.4 Å². The molecule has 2 aromatic rings. The molecule has 0 spiro atoms. The highest BCUT2D eigenvalue weighted by Gasteiger charge is 2.11. The maximum absolute atomic E-state index is 5.28. The lowest BCUT2D eigenvalue weighted by atomic mass is 10.2. The summed E-state index contributed by atoms with van der Waals surface area (Å²) in [6.07, 6.45) is 0.212. The second kappa shape index (κ2) is 5.58. The molecule has 17 heavy (non-hydrogen) atoms. The molecule has 2 atom stereocenters. The Kier molecular flexibility index (Phi) is 4.10. The van der Waals surface area contributed by atoms with Gasteiger partial charge in [0, 0.05) is 19.7 Å². The van der Waals surface area contributed by atoms with E-state index in [1.165, 1.54) is 4.70 Å². The molecule has 3 nitrogen and oxygen atoms in total. The first-order valence-corrected chi connectivity index (χ1v) is 6.63. The van der Waals surface area contributed by atoms with Gasteiger partial charge in [-0.1, -0.05) is 12.1 Å². The van der Waals surface area contributed by atoms with Crippen LogP contribution in [0.5, 0.6) is 0 Å². The maximum Gasteiger partial charge on any atom is 0.108 e. The zero-order valence-electron chi connectivity index (χ0n) is 10.4. The molecular formula is C13H18N2OS. The number of rotatable bonds is 5. The summed E-state index contributed by atoms with van der Waals surface area (Å²) in [6, 6.07) is 8.56. The van der Waals surface area contributed by atoms with Gasteiger partial charge in [0.2, 0.25) is 0 Å². The number of fused-ring (bicyclic) bond motifs is 1. The molecule has 0 radical (unpaired) electrons.